The summed E-state index contributed by atoms with van der Waals surface area (Å²) in [5, 5.41) is 8.71. The number of carbonyl (C=O) groups is 1. The van der Waals surface area contributed by atoms with Crippen molar-refractivity contribution in [1.82, 2.24) is 0 Å². The Morgan fingerprint density at radius 3 is 2.22 bits per heavy atom. The molecule has 0 fully saturated rings. The van der Waals surface area contributed by atoms with Gasteiger partial charge in [0.05, 0.1) is 6.42 Å². The normalized spacial score (nSPS) is 12.5. The topological polar surface area (TPSA) is 37.3 Å². The third-order valence-corrected chi connectivity index (χ3v) is 3.32. The molecule has 0 heterocycles. The number of aliphatic carboxylic acids is 1. The van der Waals surface area contributed by atoms with E-state index in [1.54, 1.807) is 26.0 Å². The lowest BCUT2D eigenvalue weighted by atomic mass is 9.81. The van der Waals surface area contributed by atoms with Gasteiger partial charge in [0.2, 0.25) is 0 Å². The quantitative estimate of drug-likeness (QED) is 0.788. The highest BCUT2D eigenvalue weighted by Crippen LogP contribution is 2.41. The molecule has 1 rings (SSSR count). The van der Waals surface area contributed by atoms with Gasteiger partial charge in [-0.25, -0.2) is 8.78 Å². The number of halogens is 3. The van der Waals surface area contributed by atoms with Crippen LogP contribution in [0.4, 0.5) is 8.78 Å². The first-order valence-corrected chi connectivity index (χ1v) is 6.56. The molecule has 0 saturated heterocycles. The zero-order chi connectivity index (χ0) is 14.0. The standard InChI is InChI=1S/C13H15F2IO2/c1-12(2,7-11(17)18)8-13(14,15)9-3-5-10(16)6-4-9/h3-6H,7-8H2,1-2H3,(H,17,18). The number of rotatable bonds is 5. The van der Waals surface area contributed by atoms with Crippen LogP contribution in [0.2, 0.25) is 0 Å². The van der Waals surface area contributed by atoms with Gasteiger partial charge in [-0.3, -0.25) is 4.79 Å². The Hall–Kier alpha value is -0.720. The van der Waals surface area contributed by atoms with Crippen molar-refractivity contribution in [3.05, 3.63) is 33.4 Å². The minimum Gasteiger partial charge on any atom is -0.481 e. The molecule has 0 bridgehead atoms. The predicted molar refractivity (Wildman–Crippen MR) is 73.7 cm³/mol. The Bertz CT molecular complexity index is 427. The molecule has 0 atom stereocenters. The van der Waals surface area contributed by atoms with Gasteiger partial charge in [-0.1, -0.05) is 26.0 Å². The molecule has 0 aliphatic heterocycles. The van der Waals surface area contributed by atoms with E-state index in [4.69, 9.17) is 5.11 Å². The lowest BCUT2D eigenvalue weighted by Crippen LogP contribution is -2.26. The summed E-state index contributed by atoms with van der Waals surface area (Å²) in [5.74, 6) is -4.07. The van der Waals surface area contributed by atoms with E-state index < -0.39 is 23.7 Å². The fourth-order valence-corrected chi connectivity index (χ4v) is 2.23. The molecule has 0 radical (unpaired) electrons. The van der Waals surface area contributed by atoms with E-state index in [9.17, 15) is 13.6 Å². The molecule has 0 amide bonds. The van der Waals surface area contributed by atoms with Gasteiger partial charge < -0.3 is 5.11 Å². The second kappa shape index (κ2) is 5.50. The molecule has 0 aliphatic carbocycles. The highest BCUT2D eigenvalue weighted by Gasteiger charge is 2.39. The van der Waals surface area contributed by atoms with Gasteiger partial charge in [-0.05, 0) is 40.1 Å². The number of hydrogen-bond acceptors (Lipinski definition) is 1. The Morgan fingerprint density at radius 2 is 1.78 bits per heavy atom. The van der Waals surface area contributed by atoms with Crippen LogP contribution in [0.15, 0.2) is 24.3 Å². The van der Waals surface area contributed by atoms with Crippen molar-refractivity contribution in [3.63, 3.8) is 0 Å². The zero-order valence-electron chi connectivity index (χ0n) is 10.2. The Kier molecular flexibility index (Phi) is 4.69. The maximum atomic E-state index is 14.0. The fourth-order valence-electron chi connectivity index (χ4n) is 1.87. The third kappa shape index (κ3) is 4.51. The maximum absolute atomic E-state index is 14.0. The molecule has 0 aliphatic rings. The molecule has 2 nitrogen and oxygen atoms in total. The van der Waals surface area contributed by atoms with Crippen molar-refractivity contribution in [1.29, 1.82) is 0 Å². The molecule has 0 aromatic heterocycles. The lowest BCUT2D eigenvalue weighted by molar-refractivity contribution is -0.140. The SMILES string of the molecule is CC(C)(CC(=O)O)CC(F)(F)c1ccc(I)cc1. The van der Waals surface area contributed by atoms with Crippen LogP contribution in [0, 0.1) is 8.99 Å². The summed E-state index contributed by atoms with van der Waals surface area (Å²) in [7, 11) is 0. The van der Waals surface area contributed by atoms with E-state index in [2.05, 4.69) is 0 Å². The summed E-state index contributed by atoms with van der Waals surface area (Å²) >= 11 is 2.05. The van der Waals surface area contributed by atoms with Gasteiger partial charge in [0.15, 0.2) is 0 Å². The molecule has 1 aromatic carbocycles. The average Bonchev–Trinajstić information content (AvgIpc) is 2.13. The van der Waals surface area contributed by atoms with Gasteiger partial charge in [0, 0.05) is 15.6 Å². The average molecular weight is 368 g/mol. The molecule has 0 saturated carbocycles. The second-order valence-electron chi connectivity index (χ2n) is 5.12. The molecule has 1 aromatic rings. The largest absolute Gasteiger partial charge is 0.481 e. The van der Waals surface area contributed by atoms with Crippen molar-refractivity contribution >= 4 is 28.6 Å². The first-order chi connectivity index (χ1) is 8.12. The first kappa shape index (κ1) is 15.3. The van der Waals surface area contributed by atoms with Crippen LogP contribution >= 0.6 is 22.6 Å². The summed E-state index contributed by atoms with van der Waals surface area (Å²) in [4.78, 5) is 10.6. The smallest absolute Gasteiger partial charge is 0.303 e. The highest BCUT2D eigenvalue weighted by molar-refractivity contribution is 14.1. The molecule has 100 valence electrons. The fraction of sp³-hybridized carbons (Fsp3) is 0.462. The van der Waals surface area contributed by atoms with Gasteiger partial charge >= 0.3 is 5.97 Å². The van der Waals surface area contributed by atoms with E-state index >= 15 is 0 Å². The molecule has 1 N–H and O–H groups in total. The molecule has 0 spiro atoms. The number of benzene rings is 1. The number of alkyl halides is 2. The summed E-state index contributed by atoms with van der Waals surface area (Å²) in [6.45, 7) is 3.09. The number of carboxylic acids is 1. The van der Waals surface area contributed by atoms with Crippen LogP contribution in [-0.4, -0.2) is 11.1 Å². The second-order valence-corrected chi connectivity index (χ2v) is 6.37. The molecular formula is C13H15F2IO2. The predicted octanol–water partition coefficient (Wildman–Crippen LogP) is 4.27. The van der Waals surface area contributed by atoms with Crippen molar-refractivity contribution < 1.29 is 18.7 Å². The lowest BCUT2D eigenvalue weighted by Gasteiger charge is -2.28. The monoisotopic (exact) mass is 368 g/mol. The number of carboxylic acid groups (broad SMARTS) is 1. The van der Waals surface area contributed by atoms with Crippen molar-refractivity contribution in [2.75, 3.05) is 0 Å². The third-order valence-electron chi connectivity index (χ3n) is 2.60. The van der Waals surface area contributed by atoms with Crippen LogP contribution < -0.4 is 0 Å². The van der Waals surface area contributed by atoms with Crippen LogP contribution in [-0.2, 0) is 10.7 Å². The molecular weight excluding hydrogens is 353 g/mol. The maximum Gasteiger partial charge on any atom is 0.303 e. The summed E-state index contributed by atoms with van der Waals surface area (Å²) in [6, 6.07) is 6.01. The minimum absolute atomic E-state index is 0.0682. The van der Waals surface area contributed by atoms with E-state index in [1.165, 1.54) is 12.1 Å². The van der Waals surface area contributed by atoms with Crippen LogP contribution in [0.25, 0.3) is 0 Å². The van der Waals surface area contributed by atoms with E-state index in [-0.39, 0.29) is 12.0 Å². The summed E-state index contributed by atoms with van der Waals surface area (Å²) < 4.78 is 29.0. The first-order valence-electron chi connectivity index (χ1n) is 5.48. The van der Waals surface area contributed by atoms with Gasteiger partial charge in [-0.15, -0.1) is 0 Å². The van der Waals surface area contributed by atoms with Crippen LogP contribution in [0.5, 0.6) is 0 Å². The van der Waals surface area contributed by atoms with Crippen LogP contribution in [0.3, 0.4) is 0 Å². The highest BCUT2D eigenvalue weighted by atomic mass is 127. The van der Waals surface area contributed by atoms with Gasteiger partial charge in [-0.2, -0.15) is 0 Å². The van der Waals surface area contributed by atoms with E-state index in [0.717, 1.165) is 3.57 Å². The zero-order valence-corrected chi connectivity index (χ0v) is 12.4. The molecule has 5 heteroatoms. The van der Waals surface area contributed by atoms with Gasteiger partial charge in [0.1, 0.15) is 0 Å². The van der Waals surface area contributed by atoms with Crippen molar-refractivity contribution in [2.45, 2.75) is 32.6 Å². The Labute approximate surface area is 119 Å². The number of hydrogen-bond donors (Lipinski definition) is 1. The molecule has 18 heavy (non-hydrogen) atoms. The Balaban J connectivity index is 2.87. The summed E-state index contributed by atoms with van der Waals surface area (Å²) in [5.41, 5.74) is -1.01. The van der Waals surface area contributed by atoms with Crippen molar-refractivity contribution in [3.8, 4) is 0 Å². The van der Waals surface area contributed by atoms with E-state index in [0.29, 0.717) is 0 Å². The minimum atomic E-state index is -3.01. The van der Waals surface area contributed by atoms with Crippen LogP contribution in [0.1, 0.15) is 32.3 Å². The van der Waals surface area contributed by atoms with Crippen molar-refractivity contribution in [2.24, 2.45) is 5.41 Å². The summed E-state index contributed by atoms with van der Waals surface area (Å²) in [6.07, 6.45) is -0.750. The Morgan fingerprint density at radius 1 is 1.28 bits per heavy atom. The molecule has 0 unspecified atom stereocenters. The van der Waals surface area contributed by atoms with Gasteiger partial charge in [0.25, 0.3) is 5.92 Å². The van der Waals surface area contributed by atoms with E-state index in [1.807, 2.05) is 22.6 Å².